The van der Waals surface area contributed by atoms with Crippen molar-refractivity contribution in [3.05, 3.63) is 54.1 Å². The molecule has 1 heterocycles. The molecule has 7 heteroatoms. The average Bonchev–Trinajstić information content (AvgIpc) is 3.10. The van der Waals surface area contributed by atoms with Gasteiger partial charge in [-0.1, -0.05) is 30.3 Å². The lowest BCUT2D eigenvalue weighted by Gasteiger charge is -2.25. The van der Waals surface area contributed by atoms with E-state index in [4.69, 9.17) is 4.74 Å². The number of benzene rings is 2. The second-order valence-electron chi connectivity index (χ2n) is 6.35. The fraction of sp³-hybridized carbons (Fsp3) is 0.350. The van der Waals surface area contributed by atoms with Gasteiger partial charge in [-0.15, -0.1) is 0 Å². The summed E-state index contributed by atoms with van der Waals surface area (Å²) >= 11 is 0. The molecule has 2 aromatic rings. The topological polar surface area (TPSA) is 50.8 Å². The van der Waals surface area contributed by atoms with Gasteiger partial charge >= 0.3 is 12.6 Å². The summed E-state index contributed by atoms with van der Waals surface area (Å²) in [5.74, 6) is 0.0592. The molecule has 0 aliphatic carbocycles. The molecule has 3 rings (SSSR count). The van der Waals surface area contributed by atoms with Crippen molar-refractivity contribution in [3.8, 4) is 11.5 Å². The Morgan fingerprint density at radius 2 is 2.00 bits per heavy atom. The van der Waals surface area contributed by atoms with E-state index in [-0.39, 0.29) is 23.6 Å². The number of hydrogen-bond donors (Lipinski definition) is 1. The molecule has 0 aromatic heterocycles. The molecule has 2 amide bonds. The summed E-state index contributed by atoms with van der Waals surface area (Å²) in [4.78, 5) is 14.5. The van der Waals surface area contributed by atoms with Crippen LogP contribution in [0.3, 0.4) is 0 Å². The Morgan fingerprint density at radius 1 is 1.22 bits per heavy atom. The highest BCUT2D eigenvalue weighted by molar-refractivity contribution is 5.90. The number of anilines is 1. The van der Waals surface area contributed by atoms with Crippen molar-refractivity contribution >= 4 is 11.7 Å². The minimum Gasteiger partial charge on any atom is -0.493 e. The second kappa shape index (κ2) is 8.70. The SMILES string of the molecule is COc1ccc(NC(=O)N2CCC[C@H]2Cc2ccccc2)cc1OC(F)F. The van der Waals surface area contributed by atoms with Crippen molar-refractivity contribution < 1.29 is 23.0 Å². The number of urea groups is 1. The van der Waals surface area contributed by atoms with Gasteiger partial charge in [-0.05, 0) is 37.0 Å². The van der Waals surface area contributed by atoms with Crippen molar-refractivity contribution in [1.82, 2.24) is 4.90 Å². The Hall–Kier alpha value is -2.83. The molecule has 0 spiro atoms. The maximum absolute atomic E-state index is 12.7. The summed E-state index contributed by atoms with van der Waals surface area (Å²) in [5.41, 5.74) is 1.56. The smallest absolute Gasteiger partial charge is 0.387 e. The van der Waals surface area contributed by atoms with Gasteiger partial charge in [0, 0.05) is 24.3 Å². The van der Waals surface area contributed by atoms with Crippen molar-refractivity contribution in [2.75, 3.05) is 19.0 Å². The number of amides is 2. The number of nitrogens with zero attached hydrogens (tertiary/aromatic N) is 1. The molecule has 0 bridgehead atoms. The van der Waals surface area contributed by atoms with Crippen LogP contribution in [0.4, 0.5) is 19.3 Å². The van der Waals surface area contributed by atoms with Gasteiger partial charge in [-0.3, -0.25) is 0 Å². The van der Waals surface area contributed by atoms with Gasteiger partial charge in [0.1, 0.15) is 0 Å². The molecule has 144 valence electrons. The normalized spacial score (nSPS) is 16.4. The Bertz CT molecular complexity index is 771. The van der Waals surface area contributed by atoms with Gasteiger partial charge in [0.25, 0.3) is 0 Å². The average molecular weight is 376 g/mol. The van der Waals surface area contributed by atoms with Crippen LogP contribution in [0.1, 0.15) is 18.4 Å². The van der Waals surface area contributed by atoms with Gasteiger partial charge in [0.05, 0.1) is 7.11 Å². The zero-order valence-electron chi connectivity index (χ0n) is 15.0. The Kier molecular flexibility index (Phi) is 6.11. The van der Waals surface area contributed by atoms with Gasteiger partial charge in [0.2, 0.25) is 0 Å². The number of carbonyl (C=O) groups excluding carboxylic acids is 1. The summed E-state index contributed by atoms with van der Waals surface area (Å²) < 4.78 is 34.6. The van der Waals surface area contributed by atoms with Crippen LogP contribution in [0, 0.1) is 0 Å². The first-order chi connectivity index (χ1) is 13.1. The molecule has 1 N–H and O–H groups in total. The van der Waals surface area contributed by atoms with E-state index in [1.54, 1.807) is 11.0 Å². The zero-order chi connectivity index (χ0) is 19.2. The number of nitrogens with one attached hydrogen (secondary N) is 1. The Labute approximate surface area is 156 Å². The molecule has 0 unspecified atom stereocenters. The van der Waals surface area contributed by atoms with Crippen LogP contribution in [0.5, 0.6) is 11.5 Å². The third kappa shape index (κ3) is 4.87. The summed E-state index contributed by atoms with van der Waals surface area (Å²) in [6, 6.07) is 14.3. The molecule has 1 atom stereocenters. The van der Waals surface area contributed by atoms with Crippen LogP contribution in [-0.4, -0.2) is 37.2 Å². The first kappa shape index (κ1) is 18.9. The van der Waals surface area contributed by atoms with Crippen molar-refractivity contribution in [1.29, 1.82) is 0 Å². The minimum absolute atomic E-state index is 0.113. The lowest BCUT2D eigenvalue weighted by Crippen LogP contribution is -2.39. The third-order valence-corrected chi connectivity index (χ3v) is 4.58. The lowest BCUT2D eigenvalue weighted by atomic mass is 10.0. The first-order valence-corrected chi connectivity index (χ1v) is 8.81. The van der Waals surface area contributed by atoms with Crippen LogP contribution in [-0.2, 0) is 6.42 Å². The molecule has 5 nitrogen and oxygen atoms in total. The quantitative estimate of drug-likeness (QED) is 0.806. The van der Waals surface area contributed by atoms with E-state index in [2.05, 4.69) is 10.1 Å². The highest BCUT2D eigenvalue weighted by Gasteiger charge is 2.29. The van der Waals surface area contributed by atoms with E-state index in [0.717, 1.165) is 19.3 Å². The molecule has 1 saturated heterocycles. The highest BCUT2D eigenvalue weighted by atomic mass is 19.3. The van der Waals surface area contributed by atoms with Crippen LogP contribution >= 0.6 is 0 Å². The molecular formula is C20H22F2N2O3. The van der Waals surface area contributed by atoms with E-state index >= 15 is 0 Å². The monoisotopic (exact) mass is 376 g/mol. The highest BCUT2D eigenvalue weighted by Crippen LogP contribution is 2.32. The van der Waals surface area contributed by atoms with Crippen LogP contribution < -0.4 is 14.8 Å². The number of halogens is 2. The van der Waals surface area contributed by atoms with Crippen LogP contribution in [0.25, 0.3) is 0 Å². The number of alkyl halides is 2. The van der Waals surface area contributed by atoms with Crippen molar-refractivity contribution in [2.24, 2.45) is 0 Å². The van der Waals surface area contributed by atoms with E-state index < -0.39 is 6.61 Å². The van der Waals surface area contributed by atoms with Gasteiger partial charge in [-0.2, -0.15) is 8.78 Å². The minimum atomic E-state index is -2.97. The summed E-state index contributed by atoms with van der Waals surface area (Å²) in [7, 11) is 1.37. The van der Waals surface area contributed by atoms with E-state index in [1.807, 2.05) is 30.3 Å². The second-order valence-corrected chi connectivity index (χ2v) is 6.35. The van der Waals surface area contributed by atoms with E-state index in [0.29, 0.717) is 12.2 Å². The van der Waals surface area contributed by atoms with Gasteiger partial charge in [0.15, 0.2) is 11.5 Å². The number of ether oxygens (including phenoxy) is 2. The number of rotatable bonds is 6. The molecular weight excluding hydrogens is 354 g/mol. The Balaban J connectivity index is 1.68. The van der Waals surface area contributed by atoms with Crippen molar-refractivity contribution in [2.45, 2.75) is 31.9 Å². The van der Waals surface area contributed by atoms with Gasteiger partial charge < -0.3 is 19.7 Å². The molecule has 0 radical (unpaired) electrons. The molecule has 1 aliphatic rings. The molecule has 1 aliphatic heterocycles. The summed E-state index contributed by atoms with van der Waals surface area (Å²) in [5, 5.41) is 2.77. The standard InChI is InChI=1S/C20H22F2N2O3/c1-26-17-10-9-15(13-18(17)27-19(21)22)23-20(25)24-11-5-8-16(24)12-14-6-3-2-4-7-14/h2-4,6-7,9-10,13,16,19H,5,8,11-12H2,1H3,(H,23,25)/t16-/m0/s1. The number of hydrogen-bond acceptors (Lipinski definition) is 3. The van der Waals surface area contributed by atoms with Gasteiger partial charge in [-0.25, -0.2) is 4.79 Å². The fourth-order valence-corrected chi connectivity index (χ4v) is 3.34. The largest absolute Gasteiger partial charge is 0.493 e. The van der Waals surface area contributed by atoms with Crippen LogP contribution in [0.2, 0.25) is 0 Å². The predicted octanol–water partition coefficient (Wildman–Crippen LogP) is 4.54. The molecule has 1 fully saturated rings. The number of carbonyl (C=O) groups is 1. The summed E-state index contributed by atoms with van der Waals surface area (Å²) in [6.45, 7) is -2.31. The van der Waals surface area contributed by atoms with E-state index in [9.17, 15) is 13.6 Å². The first-order valence-electron chi connectivity index (χ1n) is 8.81. The molecule has 2 aromatic carbocycles. The van der Waals surface area contributed by atoms with Crippen molar-refractivity contribution in [3.63, 3.8) is 0 Å². The predicted molar refractivity (Wildman–Crippen MR) is 98.5 cm³/mol. The zero-order valence-corrected chi connectivity index (χ0v) is 15.0. The number of methoxy groups -OCH3 is 1. The maximum atomic E-state index is 12.7. The third-order valence-electron chi connectivity index (χ3n) is 4.58. The summed E-state index contributed by atoms with van der Waals surface area (Å²) in [6.07, 6.45) is 2.66. The number of likely N-dealkylation sites (tertiary alicyclic amines) is 1. The lowest BCUT2D eigenvalue weighted by molar-refractivity contribution is -0.0511. The molecule has 27 heavy (non-hydrogen) atoms. The molecule has 0 saturated carbocycles. The Morgan fingerprint density at radius 3 is 2.70 bits per heavy atom. The maximum Gasteiger partial charge on any atom is 0.387 e. The fourth-order valence-electron chi connectivity index (χ4n) is 3.34. The van der Waals surface area contributed by atoms with E-state index in [1.165, 1.54) is 24.8 Å². The van der Waals surface area contributed by atoms with Crippen LogP contribution in [0.15, 0.2) is 48.5 Å².